The predicted octanol–water partition coefficient (Wildman–Crippen LogP) is 2.50. The molecule has 1 aromatic heterocycles. The normalized spacial score (nSPS) is 25.4. The van der Waals surface area contributed by atoms with Crippen LogP contribution in [-0.2, 0) is 4.79 Å². The summed E-state index contributed by atoms with van der Waals surface area (Å²) in [7, 11) is 0. The molecule has 0 radical (unpaired) electrons. The van der Waals surface area contributed by atoms with Crippen molar-refractivity contribution in [1.82, 2.24) is 10.3 Å². The highest BCUT2D eigenvalue weighted by atomic mass is 16.3. The molecule has 0 unspecified atom stereocenters. The zero-order valence-electron chi connectivity index (χ0n) is 12.1. The van der Waals surface area contributed by atoms with Crippen molar-refractivity contribution in [3.05, 3.63) is 24.1 Å². The van der Waals surface area contributed by atoms with Crippen molar-refractivity contribution in [1.29, 1.82) is 0 Å². The number of aromatic nitrogens is 1. The first-order valence-electron chi connectivity index (χ1n) is 7.63. The molecule has 21 heavy (non-hydrogen) atoms. The van der Waals surface area contributed by atoms with Gasteiger partial charge in [0.15, 0.2) is 11.5 Å². The molecule has 5 nitrogen and oxygen atoms in total. The van der Waals surface area contributed by atoms with Gasteiger partial charge in [0.2, 0.25) is 5.91 Å². The molecule has 110 valence electrons. The Morgan fingerprint density at radius 3 is 2.95 bits per heavy atom. The van der Waals surface area contributed by atoms with Crippen molar-refractivity contribution in [2.75, 3.05) is 18.4 Å². The molecule has 1 saturated carbocycles. The fourth-order valence-corrected chi connectivity index (χ4v) is 2.92. The minimum atomic E-state index is 0.0417. The van der Waals surface area contributed by atoms with Crippen LogP contribution in [0.4, 0.5) is 5.69 Å². The molecule has 1 amide bonds. The third kappa shape index (κ3) is 2.42. The molecule has 1 saturated heterocycles. The Bertz CT molecular complexity index is 690. The van der Waals surface area contributed by atoms with Gasteiger partial charge < -0.3 is 15.1 Å². The number of hydrogen-bond acceptors (Lipinski definition) is 4. The minimum absolute atomic E-state index is 0.0417. The predicted molar refractivity (Wildman–Crippen MR) is 80.1 cm³/mol. The number of amides is 1. The Balaban J connectivity index is 1.54. The van der Waals surface area contributed by atoms with Crippen molar-refractivity contribution >= 4 is 22.7 Å². The van der Waals surface area contributed by atoms with E-state index in [1.165, 1.54) is 12.8 Å². The average Bonchev–Trinajstić information content (AvgIpc) is 3.09. The third-order valence-corrected chi connectivity index (χ3v) is 4.45. The number of benzene rings is 1. The number of oxazole rings is 1. The molecular weight excluding hydrogens is 266 g/mol. The second-order valence-electron chi connectivity index (χ2n) is 6.24. The van der Waals surface area contributed by atoms with Crippen LogP contribution in [0, 0.1) is 11.8 Å². The molecule has 1 aliphatic heterocycles. The Labute approximate surface area is 123 Å². The van der Waals surface area contributed by atoms with Crippen LogP contribution >= 0.6 is 0 Å². The molecule has 2 aliphatic rings. The van der Waals surface area contributed by atoms with E-state index in [2.05, 4.69) is 22.5 Å². The zero-order chi connectivity index (χ0) is 14.4. The average molecular weight is 285 g/mol. The molecular formula is C16H19N3O2. The van der Waals surface area contributed by atoms with Gasteiger partial charge in [-0.2, -0.15) is 0 Å². The van der Waals surface area contributed by atoms with Gasteiger partial charge in [0.05, 0.1) is 5.92 Å². The summed E-state index contributed by atoms with van der Waals surface area (Å²) in [5, 5.41) is 6.25. The van der Waals surface area contributed by atoms with E-state index in [0.717, 1.165) is 35.8 Å². The number of hydrogen-bond donors (Lipinski definition) is 2. The largest absolute Gasteiger partial charge is 0.440 e. The molecule has 0 bridgehead atoms. The topological polar surface area (TPSA) is 67.2 Å². The van der Waals surface area contributed by atoms with E-state index in [4.69, 9.17) is 4.42 Å². The lowest BCUT2D eigenvalue weighted by atomic mass is 9.97. The summed E-state index contributed by atoms with van der Waals surface area (Å²) in [4.78, 5) is 16.8. The van der Waals surface area contributed by atoms with E-state index < -0.39 is 0 Å². The molecule has 2 atom stereocenters. The Hall–Kier alpha value is -1.88. The van der Waals surface area contributed by atoms with Crippen LogP contribution in [0.5, 0.6) is 0 Å². The maximum atomic E-state index is 12.3. The van der Waals surface area contributed by atoms with E-state index in [0.29, 0.717) is 11.8 Å². The first-order valence-corrected chi connectivity index (χ1v) is 7.63. The van der Waals surface area contributed by atoms with Crippen LogP contribution in [0.1, 0.15) is 31.6 Å². The van der Waals surface area contributed by atoms with Gasteiger partial charge in [0, 0.05) is 18.2 Å². The standard InChI is InChI=1S/C16H19N3O2/c1-9-7-17-8-12(9)15(20)18-11-4-5-14-13(6-11)19-16(21-14)10-2-3-10/h4-6,9-10,12,17H,2-3,7-8H2,1H3,(H,18,20)/t9-,12-/m1/s1. The van der Waals surface area contributed by atoms with E-state index in [1.54, 1.807) is 0 Å². The Morgan fingerprint density at radius 2 is 2.24 bits per heavy atom. The molecule has 2 fully saturated rings. The fourth-order valence-electron chi connectivity index (χ4n) is 2.92. The van der Waals surface area contributed by atoms with Gasteiger partial charge in [-0.25, -0.2) is 4.98 Å². The molecule has 4 rings (SSSR count). The highest BCUT2D eigenvalue weighted by Gasteiger charge is 2.30. The van der Waals surface area contributed by atoms with Crippen LogP contribution in [0.3, 0.4) is 0 Å². The quantitative estimate of drug-likeness (QED) is 0.909. The summed E-state index contributed by atoms with van der Waals surface area (Å²) in [6, 6.07) is 5.67. The van der Waals surface area contributed by atoms with Gasteiger partial charge >= 0.3 is 0 Å². The summed E-state index contributed by atoms with van der Waals surface area (Å²) < 4.78 is 5.73. The monoisotopic (exact) mass is 285 g/mol. The number of nitrogens with one attached hydrogen (secondary N) is 2. The van der Waals surface area contributed by atoms with Crippen LogP contribution in [-0.4, -0.2) is 24.0 Å². The van der Waals surface area contributed by atoms with E-state index in [9.17, 15) is 4.79 Å². The maximum absolute atomic E-state index is 12.3. The minimum Gasteiger partial charge on any atom is -0.440 e. The van der Waals surface area contributed by atoms with Crippen LogP contribution in [0.25, 0.3) is 11.1 Å². The first-order chi connectivity index (χ1) is 10.2. The maximum Gasteiger partial charge on any atom is 0.229 e. The van der Waals surface area contributed by atoms with E-state index in [-0.39, 0.29) is 11.8 Å². The second kappa shape index (κ2) is 4.84. The molecule has 2 heterocycles. The Kier molecular flexibility index (Phi) is 2.96. The molecule has 0 spiro atoms. The van der Waals surface area contributed by atoms with Gasteiger partial charge in [-0.1, -0.05) is 6.92 Å². The van der Waals surface area contributed by atoms with Gasteiger partial charge in [-0.05, 0) is 43.5 Å². The summed E-state index contributed by atoms with van der Waals surface area (Å²) >= 11 is 0. The highest BCUT2D eigenvalue weighted by Crippen LogP contribution is 2.40. The van der Waals surface area contributed by atoms with Gasteiger partial charge in [-0.15, -0.1) is 0 Å². The Morgan fingerprint density at radius 1 is 1.38 bits per heavy atom. The van der Waals surface area contributed by atoms with Crippen molar-refractivity contribution in [3.63, 3.8) is 0 Å². The zero-order valence-corrected chi connectivity index (χ0v) is 12.1. The van der Waals surface area contributed by atoms with Crippen molar-refractivity contribution < 1.29 is 9.21 Å². The SMILES string of the molecule is C[C@@H]1CNC[C@H]1C(=O)Nc1ccc2oc(C3CC3)nc2c1. The molecule has 2 N–H and O–H groups in total. The van der Waals surface area contributed by atoms with Crippen LogP contribution < -0.4 is 10.6 Å². The summed E-state index contributed by atoms with van der Waals surface area (Å²) in [6.45, 7) is 3.77. The molecule has 2 aromatic rings. The number of fused-ring (bicyclic) bond motifs is 1. The molecule has 5 heteroatoms. The number of rotatable bonds is 3. The van der Waals surface area contributed by atoms with Gasteiger partial charge in [0.1, 0.15) is 5.52 Å². The van der Waals surface area contributed by atoms with Gasteiger partial charge in [-0.3, -0.25) is 4.79 Å². The summed E-state index contributed by atoms with van der Waals surface area (Å²) in [6.07, 6.45) is 2.34. The molecule has 1 aromatic carbocycles. The fraction of sp³-hybridized carbons (Fsp3) is 0.500. The number of nitrogens with zero attached hydrogens (tertiary/aromatic N) is 1. The lowest BCUT2D eigenvalue weighted by molar-refractivity contribution is -0.120. The number of carbonyl (C=O) groups excluding carboxylic acids is 1. The third-order valence-electron chi connectivity index (χ3n) is 4.45. The van der Waals surface area contributed by atoms with Gasteiger partial charge in [0.25, 0.3) is 0 Å². The van der Waals surface area contributed by atoms with E-state index >= 15 is 0 Å². The lowest BCUT2D eigenvalue weighted by Crippen LogP contribution is -2.27. The van der Waals surface area contributed by atoms with Crippen molar-refractivity contribution in [2.45, 2.75) is 25.7 Å². The van der Waals surface area contributed by atoms with Crippen LogP contribution in [0.15, 0.2) is 22.6 Å². The molecule has 1 aliphatic carbocycles. The lowest BCUT2D eigenvalue weighted by Gasteiger charge is -2.14. The van der Waals surface area contributed by atoms with Crippen molar-refractivity contribution in [2.24, 2.45) is 11.8 Å². The number of anilines is 1. The van der Waals surface area contributed by atoms with E-state index in [1.807, 2.05) is 18.2 Å². The summed E-state index contributed by atoms with van der Waals surface area (Å²) in [5.41, 5.74) is 2.42. The number of carbonyl (C=O) groups is 1. The first kappa shape index (κ1) is 12.8. The van der Waals surface area contributed by atoms with Crippen molar-refractivity contribution in [3.8, 4) is 0 Å². The smallest absolute Gasteiger partial charge is 0.229 e. The second-order valence-corrected chi connectivity index (χ2v) is 6.24. The highest BCUT2D eigenvalue weighted by molar-refractivity contribution is 5.94. The van der Waals surface area contributed by atoms with Crippen LogP contribution in [0.2, 0.25) is 0 Å². The summed E-state index contributed by atoms with van der Waals surface area (Å²) in [5.74, 6) is 1.84.